The van der Waals surface area contributed by atoms with E-state index in [9.17, 15) is 19.5 Å². The third-order valence-corrected chi connectivity index (χ3v) is 8.17. The van der Waals surface area contributed by atoms with E-state index < -0.39 is 29.6 Å². The molecule has 4 aliphatic rings. The quantitative estimate of drug-likeness (QED) is 0.371. The predicted octanol–water partition coefficient (Wildman–Crippen LogP) is 0.229. The summed E-state index contributed by atoms with van der Waals surface area (Å²) in [5.41, 5.74) is -0.434. The van der Waals surface area contributed by atoms with Gasteiger partial charge in [-0.2, -0.15) is 0 Å². The summed E-state index contributed by atoms with van der Waals surface area (Å²) in [6, 6.07) is 6.27. The zero-order valence-electron chi connectivity index (χ0n) is 21.9. The molecule has 1 aromatic rings. The lowest BCUT2D eigenvalue weighted by molar-refractivity contribution is -0.141. The number of hydrogen-bond donors (Lipinski definition) is 3. The van der Waals surface area contributed by atoms with E-state index in [1.165, 1.54) is 4.90 Å². The molecule has 1 aromatic carbocycles. The van der Waals surface area contributed by atoms with Gasteiger partial charge in [0.25, 0.3) is 0 Å². The minimum Gasteiger partial charge on any atom is -0.494 e. The number of morpholine rings is 1. The first-order chi connectivity index (χ1) is 18.5. The van der Waals surface area contributed by atoms with Gasteiger partial charge in [0.1, 0.15) is 17.4 Å². The lowest BCUT2D eigenvalue weighted by atomic mass is 9.70. The van der Waals surface area contributed by atoms with E-state index in [2.05, 4.69) is 15.5 Å². The molecule has 0 aromatic heterocycles. The number of hydrogen-bond acceptors (Lipinski definition) is 8. The van der Waals surface area contributed by atoms with Crippen molar-refractivity contribution in [2.75, 3.05) is 64.5 Å². The fourth-order valence-electron chi connectivity index (χ4n) is 6.52. The topological polar surface area (TPSA) is 130 Å². The van der Waals surface area contributed by atoms with E-state index in [1.54, 1.807) is 24.3 Å². The molecule has 4 saturated heterocycles. The number of fused-ring (bicyclic) bond motifs is 1. The Hall–Kier alpha value is -2.73. The number of rotatable bonds is 11. The van der Waals surface area contributed by atoms with Crippen molar-refractivity contribution in [2.24, 2.45) is 11.8 Å². The summed E-state index contributed by atoms with van der Waals surface area (Å²) in [6.45, 7) is 6.73. The van der Waals surface area contributed by atoms with Crippen molar-refractivity contribution in [2.45, 2.75) is 43.9 Å². The summed E-state index contributed by atoms with van der Waals surface area (Å²) in [5, 5.41) is 15.4. The number of anilines is 1. The van der Waals surface area contributed by atoms with Gasteiger partial charge in [0, 0.05) is 45.0 Å². The smallest absolute Gasteiger partial charge is 0.245 e. The first-order valence-electron chi connectivity index (χ1n) is 13.7. The molecular weight excluding hydrogens is 492 g/mol. The van der Waals surface area contributed by atoms with Gasteiger partial charge in [-0.1, -0.05) is 0 Å². The molecule has 3 N–H and O–H groups in total. The Balaban J connectivity index is 1.31. The normalized spacial score (nSPS) is 30.4. The number of benzene rings is 1. The molecule has 5 atom stereocenters. The molecule has 0 saturated carbocycles. The second-order valence-electron chi connectivity index (χ2n) is 10.4. The molecule has 3 amide bonds. The Kier molecular flexibility index (Phi) is 8.18. The van der Waals surface area contributed by atoms with Gasteiger partial charge >= 0.3 is 0 Å². The number of nitrogens with zero attached hydrogens (tertiary/aromatic N) is 2. The van der Waals surface area contributed by atoms with Crippen LogP contribution in [-0.2, 0) is 23.9 Å². The molecule has 1 spiro atoms. The SMILES string of the molecule is CCOc1ccc(NC(=O)[C@@H]2[C@H]3C(=O)N(CCCO)C(C(=O)NCCN4CCOCC4)C34CC[C@H]2O4)cc1. The fourth-order valence-corrected chi connectivity index (χ4v) is 6.52. The Labute approximate surface area is 222 Å². The summed E-state index contributed by atoms with van der Waals surface area (Å²) in [7, 11) is 0. The van der Waals surface area contributed by atoms with Crippen LogP contribution >= 0.6 is 0 Å². The highest BCUT2D eigenvalue weighted by Crippen LogP contribution is 2.58. The highest BCUT2D eigenvalue weighted by Gasteiger charge is 2.74. The number of aliphatic hydroxyl groups is 1. The molecule has 0 radical (unpaired) electrons. The van der Waals surface area contributed by atoms with Gasteiger partial charge in [0.2, 0.25) is 17.7 Å². The largest absolute Gasteiger partial charge is 0.494 e. The van der Waals surface area contributed by atoms with Crippen LogP contribution in [0.25, 0.3) is 0 Å². The number of carbonyl (C=O) groups excluding carboxylic acids is 3. The minimum absolute atomic E-state index is 0.0993. The summed E-state index contributed by atoms with van der Waals surface area (Å²) in [6.07, 6.45) is 1.07. The molecule has 4 aliphatic heterocycles. The van der Waals surface area contributed by atoms with Crippen LogP contribution in [-0.4, -0.2) is 110 Å². The summed E-state index contributed by atoms with van der Waals surface area (Å²) in [5.74, 6) is -1.51. The van der Waals surface area contributed by atoms with Gasteiger partial charge in [0.15, 0.2) is 0 Å². The molecule has 2 unspecified atom stereocenters. The molecule has 5 rings (SSSR count). The van der Waals surface area contributed by atoms with Gasteiger partial charge < -0.3 is 34.9 Å². The Morgan fingerprint density at radius 2 is 1.92 bits per heavy atom. The van der Waals surface area contributed by atoms with Crippen LogP contribution < -0.4 is 15.4 Å². The highest BCUT2D eigenvalue weighted by atomic mass is 16.5. The number of likely N-dealkylation sites (tertiary alicyclic amines) is 1. The average Bonchev–Trinajstić information content (AvgIpc) is 3.56. The van der Waals surface area contributed by atoms with Crippen LogP contribution in [0.3, 0.4) is 0 Å². The zero-order chi connectivity index (χ0) is 26.7. The van der Waals surface area contributed by atoms with Gasteiger partial charge in [-0.05, 0) is 50.5 Å². The lowest BCUT2D eigenvalue weighted by Crippen LogP contribution is -2.56. The van der Waals surface area contributed by atoms with E-state index in [0.29, 0.717) is 63.6 Å². The van der Waals surface area contributed by atoms with E-state index in [1.807, 2.05) is 6.92 Å². The molecule has 4 fully saturated rings. The molecular formula is C27H38N4O7. The lowest BCUT2D eigenvalue weighted by Gasteiger charge is -2.34. The average molecular weight is 531 g/mol. The van der Waals surface area contributed by atoms with Gasteiger partial charge in [-0.15, -0.1) is 0 Å². The second-order valence-corrected chi connectivity index (χ2v) is 10.4. The Morgan fingerprint density at radius 3 is 2.63 bits per heavy atom. The van der Waals surface area contributed by atoms with Crippen LogP contribution in [0.1, 0.15) is 26.2 Å². The summed E-state index contributed by atoms with van der Waals surface area (Å²) in [4.78, 5) is 44.6. The highest BCUT2D eigenvalue weighted by molar-refractivity contribution is 6.02. The van der Waals surface area contributed by atoms with Gasteiger partial charge in [-0.25, -0.2) is 0 Å². The molecule has 2 bridgehead atoms. The van der Waals surface area contributed by atoms with Crippen molar-refractivity contribution < 1.29 is 33.7 Å². The Morgan fingerprint density at radius 1 is 1.16 bits per heavy atom. The number of nitrogens with one attached hydrogen (secondary N) is 2. The number of ether oxygens (including phenoxy) is 3. The number of amides is 3. The molecule has 11 nitrogen and oxygen atoms in total. The van der Waals surface area contributed by atoms with Crippen LogP contribution in [0.2, 0.25) is 0 Å². The standard InChI is InChI=1S/C27H38N4O7/c1-2-37-19-6-4-18(5-7-19)29-24(33)21-20-8-9-27(38-20)22(21)26(35)31(11-3-15-32)23(27)25(34)28-10-12-30-13-16-36-17-14-30/h4-7,20-23,32H,2-3,8-17H2,1H3,(H,28,34)(H,29,33)/t20-,21+,22+,23?,27?/m1/s1. The Bertz CT molecular complexity index is 1020. The molecule has 38 heavy (non-hydrogen) atoms. The number of carbonyl (C=O) groups is 3. The van der Waals surface area contributed by atoms with Crippen molar-refractivity contribution in [3.05, 3.63) is 24.3 Å². The van der Waals surface area contributed by atoms with E-state index >= 15 is 0 Å². The maximum Gasteiger partial charge on any atom is 0.245 e. The van der Waals surface area contributed by atoms with Crippen molar-refractivity contribution in [1.29, 1.82) is 0 Å². The second kappa shape index (κ2) is 11.6. The van der Waals surface area contributed by atoms with Crippen molar-refractivity contribution in [3.8, 4) is 5.75 Å². The van der Waals surface area contributed by atoms with Crippen LogP contribution in [0.5, 0.6) is 5.75 Å². The third kappa shape index (κ3) is 5.00. The molecule has 11 heteroatoms. The van der Waals surface area contributed by atoms with Crippen LogP contribution in [0.15, 0.2) is 24.3 Å². The predicted molar refractivity (Wildman–Crippen MR) is 138 cm³/mol. The van der Waals surface area contributed by atoms with E-state index in [-0.39, 0.29) is 30.9 Å². The zero-order valence-corrected chi connectivity index (χ0v) is 21.9. The molecule has 4 heterocycles. The van der Waals surface area contributed by atoms with Gasteiger partial charge in [-0.3, -0.25) is 19.3 Å². The first-order valence-corrected chi connectivity index (χ1v) is 13.7. The van der Waals surface area contributed by atoms with Crippen LogP contribution in [0, 0.1) is 11.8 Å². The summed E-state index contributed by atoms with van der Waals surface area (Å²) < 4.78 is 17.3. The minimum atomic E-state index is -1.04. The van der Waals surface area contributed by atoms with Gasteiger partial charge in [0.05, 0.1) is 37.8 Å². The van der Waals surface area contributed by atoms with E-state index in [0.717, 1.165) is 13.1 Å². The van der Waals surface area contributed by atoms with Crippen molar-refractivity contribution >= 4 is 23.4 Å². The maximum absolute atomic E-state index is 13.8. The first kappa shape index (κ1) is 26.9. The monoisotopic (exact) mass is 530 g/mol. The summed E-state index contributed by atoms with van der Waals surface area (Å²) >= 11 is 0. The third-order valence-electron chi connectivity index (χ3n) is 8.17. The van der Waals surface area contributed by atoms with Crippen LogP contribution in [0.4, 0.5) is 5.69 Å². The maximum atomic E-state index is 13.8. The van der Waals surface area contributed by atoms with Crippen molar-refractivity contribution in [3.63, 3.8) is 0 Å². The molecule has 0 aliphatic carbocycles. The van der Waals surface area contributed by atoms with Crippen molar-refractivity contribution in [1.82, 2.24) is 15.1 Å². The molecule has 208 valence electrons. The van der Waals surface area contributed by atoms with E-state index in [4.69, 9.17) is 14.2 Å². The number of aliphatic hydroxyl groups excluding tert-OH is 1. The fraction of sp³-hybridized carbons (Fsp3) is 0.667.